The number of benzene rings is 1. The molecule has 0 fully saturated rings. The maximum Gasteiger partial charge on any atom is 0.420 e. The van der Waals surface area contributed by atoms with Gasteiger partial charge in [0.2, 0.25) is 0 Å². The van der Waals surface area contributed by atoms with Gasteiger partial charge in [-0.1, -0.05) is 15.9 Å². The summed E-state index contributed by atoms with van der Waals surface area (Å²) in [6, 6.07) is 5.46. The molecule has 5 nitrogen and oxygen atoms in total. The average molecular weight is 316 g/mol. The minimum Gasteiger partial charge on any atom is -0.408 e. The van der Waals surface area contributed by atoms with Crippen LogP contribution in [0.5, 0.6) is 0 Å². The van der Waals surface area contributed by atoms with Gasteiger partial charge in [-0.3, -0.25) is 4.57 Å². The summed E-state index contributed by atoms with van der Waals surface area (Å²) in [7, 11) is 1.62. The van der Waals surface area contributed by atoms with Gasteiger partial charge in [0, 0.05) is 11.6 Å². The molecular weight excluding hydrogens is 302 g/mol. The first-order valence-corrected chi connectivity index (χ1v) is 6.37. The molecule has 0 bridgehead atoms. The van der Waals surface area contributed by atoms with Crippen molar-refractivity contribution in [2.75, 3.05) is 26.9 Å². The molecule has 0 aliphatic carbocycles. The minimum absolute atomic E-state index is 0.363. The van der Waals surface area contributed by atoms with E-state index in [2.05, 4.69) is 15.9 Å². The van der Waals surface area contributed by atoms with Crippen molar-refractivity contribution in [3.63, 3.8) is 0 Å². The summed E-state index contributed by atoms with van der Waals surface area (Å²) in [6.45, 7) is 1.98. The molecule has 0 aliphatic heterocycles. The van der Waals surface area contributed by atoms with Crippen molar-refractivity contribution < 1.29 is 13.9 Å². The SMILES string of the molecule is COCCOCCn1c(=O)oc2ccc(Br)cc21. The molecule has 6 heteroatoms. The van der Waals surface area contributed by atoms with Gasteiger partial charge in [0.1, 0.15) is 0 Å². The smallest absolute Gasteiger partial charge is 0.408 e. The first kappa shape index (κ1) is 13.3. The van der Waals surface area contributed by atoms with Crippen molar-refractivity contribution in [3.05, 3.63) is 33.2 Å². The fourth-order valence-corrected chi connectivity index (χ4v) is 2.00. The summed E-state index contributed by atoms with van der Waals surface area (Å²) in [5.74, 6) is -0.363. The highest BCUT2D eigenvalue weighted by Gasteiger charge is 2.08. The first-order chi connectivity index (χ1) is 8.72. The predicted octanol–water partition coefficient (Wildman–Crippen LogP) is 2.02. The number of rotatable bonds is 6. The molecular formula is C12H14BrNO4. The fraction of sp³-hybridized carbons (Fsp3) is 0.417. The highest BCUT2D eigenvalue weighted by atomic mass is 79.9. The number of aromatic nitrogens is 1. The molecule has 0 spiro atoms. The first-order valence-electron chi connectivity index (χ1n) is 5.58. The van der Waals surface area contributed by atoms with Gasteiger partial charge in [-0.05, 0) is 18.2 Å². The van der Waals surface area contributed by atoms with Crippen LogP contribution in [0.1, 0.15) is 0 Å². The second kappa shape index (κ2) is 6.17. The monoisotopic (exact) mass is 315 g/mol. The van der Waals surface area contributed by atoms with E-state index in [4.69, 9.17) is 13.9 Å². The Bertz CT molecular complexity index is 575. The van der Waals surface area contributed by atoms with E-state index in [1.54, 1.807) is 17.7 Å². The number of hydrogen-bond donors (Lipinski definition) is 0. The molecule has 0 radical (unpaired) electrons. The van der Waals surface area contributed by atoms with Crippen LogP contribution in [0.3, 0.4) is 0 Å². The molecule has 98 valence electrons. The maximum atomic E-state index is 11.7. The Kier molecular flexibility index (Phi) is 4.57. The fourth-order valence-electron chi connectivity index (χ4n) is 1.65. The van der Waals surface area contributed by atoms with E-state index >= 15 is 0 Å². The van der Waals surface area contributed by atoms with Gasteiger partial charge in [-0.25, -0.2) is 4.79 Å². The lowest BCUT2D eigenvalue weighted by Crippen LogP contribution is -2.18. The quantitative estimate of drug-likeness (QED) is 0.765. The molecule has 0 atom stereocenters. The van der Waals surface area contributed by atoms with Crippen LogP contribution in [0.4, 0.5) is 0 Å². The number of oxazole rings is 1. The zero-order valence-corrected chi connectivity index (χ0v) is 11.6. The van der Waals surface area contributed by atoms with Gasteiger partial charge in [0.05, 0.1) is 31.9 Å². The Morgan fingerprint density at radius 1 is 1.33 bits per heavy atom. The normalized spacial score (nSPS) is 11.2. The standard InChI is InChI=1S/C12H14BrNO4/c1-16-6-7-17-5-4-14-10-8-9(13)2-3-11(10)18-12(14)15/h2-3,8H,4-7H2,1H3. The Morgan fingerprint density at radius 3 is 2.94 bits per heavy atom. The Morgan fingerprint density at radius 2 is 2.17 bits per heavy atom. The van der Waals surface area contributed by atoms with Crippen molar-refractivity contribution in [2.45, 2.75) is 6.54 Å². The lowest BCUT2D eigenvalue weighted by Gasteiger charge is -2.04. The van der Waals surface area contributed by atoms with Crippen LogP contribution < -0.4 is 5.76 Å². The summed E-state index contributed by atoms with van der Waals surface area (Å²) in [5.41, 5.74) is 1.35. The van der Waals surface area contributed by atoms with Gasteiger partial charge >= 0.3 is 5.76 Å². The summed E-state index contributed by atoms with van der Waals surface area (Å²) in [4.78, 5) is 11.7. The van der Waals surface area contributed by atoms with Gasteiger partial charge in [-0.15, -0.1) is 0 Å². The number of nitrogens with zero attached hydrogens (tertiary/aromatic N) is 1. The third-order valence-corrected chi connectivity index (χ3v) is 3.01. The predicted molar refractivity (Wildman–Crippen MR) is 70.9 cm³/mol. The number of ether oxygens (including phenoxy) is 2. The molecule has 0 saturated heterocycles. The van der Waals surface area contributed by atoms with Gasteiger partial charge in [0.25, 0.3) is 0 Å². The van der Waals surface area contributed by atoms with Gasteiger partial charge in [-0.2, -0.15) is 0 Å². The highest BCUT2D eigenvalue weighted by molar-refractivity contribution is 9.10. The molecule has 0 unspecified atom stereocenters. The minimum atomic E-state index is -0.363. The molecule has 1 heterocycles. The van der Waals surface area contributed by atoms with Crippen LogP contribution in [0.25, 0.3) is 11.1 Å². The van der Waals surface area contributed by atoms with E-state index in [0.717, 1.165) is 9.99 Å². The van der Waals surface area contributed by atoms with Crippen molar-refractivity contribution in [2.24, 2.45) is 0 Å². The van der Waals surface area contributed by atoms with Crippen molar-refractivity contribution >= 4 is 27.0 Å². The van der Waals surface area contributed by atoms with E-state index in [1.807, 2.05) is 12.1 Å². The molecule has 0 amide bonds. The lowest BCUT2D eigenvalue weighted by atomic mass is 10.3. The lowest BCUT2D eigenvalue weighted by molar-refractivity contribution is 0.0663. The molecule has 1 aromatic carbocycles. The van der Waals surface area contributed by atoms with E-state index in [0.29, 0.717) is 31.9 Å². The van der Waals surface area contributed by atoms with Crippen molar-refractivity contribution in [1.29, 1.82) is 0 Å². The third kappa shape index (κ3) is 3.01. The largest absolute Gasteiger partial charge is 0.420 e. The zero-order valence-electron chi connectivity index (χ0n) is 10.0. The summed E-state index contributed by atoms with van der Waals surface area (Å²) < 4.78 is 17.8. The van der Waals surface area contributed by atoms with Crippen LogP contribution >= 0.6 is 15.9 Å². The van der Waals surface area contributed by atoms with Crippen LogP contribution in [0.15, 0.2) is 31.9 Å². The number of halogens is 1. The van der Waals surface area contributed by atoms with E-state index < -0.39 is 0 Å². The number of hydrogen-bond acceptors (Lipinski definition) is 4. The molecule has 0 N–H and O–H groups in total. The average Bonchev–Trinajstić information content (AvgIpc) is 2.65. The second-order valence-corrected chi connectivity index (χ2v) is 4.65. The van der Waals surface area contributed by atoms with Gasteiger partial charge in [0.15, 0.2) is 5.58 Å². The topological polar surface area (TPSA) is 53.6 Å². The van der Waals surface area contributed by atoms with Crippen LogP contribution in [-0.2, 0) is 16.0 Å². The third-order valence-electron chi connectivity index (χ3n) is 2.52. The summed E-state index contributed by atoms with van der Waals surface area (Å²) in [6.07, 6.45) is 0. The van der Waals surface area contributed by atoms with Gasteiger partial charge < -0.3 is 13.9 Å². The molecule has 0 aliphatic rings. The van der Waals surface area contributed by atoms with Crippen LogP contribution in [0.2, 0.25) is 0 Å². The van der Waals surface area contributed by atoms with E-state index in [-0.39, 0.29) is 5.76 Å². The molecule has 0 saturated carbocycles. The summed E-state index contributed by atoms with van der Waals surface area (Å²) >= 11 is 3.37. The number of fused-ring (bicyclic) bond motifs is 1. The Labute approximate surface area is 112 Å². The second-order valence-electron chi connectivity index (χ2n) is 3.74. The molecule has 2 rings (SSSR count). The maximum absolute atomic E-state index is 11.7. The molecule has 1 aromatic heterocycles. The molecule has 2 aromatic rings. The van der Waals surface area contributed by atoms with Crippen LogP contribution in [0, 0.1) is 0 Å². The molecule has 18 heavy (non-hydrogen) atoms. The zero-order chi connectivity index (χ0) is 13.0. The number of methoxy groups -OCH3 is 1. The van der Waals surface area contributed by atoms with Crippen molar-refractivity contribution in [1.82, 2.24) is 4.57 Å². The summed E-state index contributed by atoms with van der Waals surface area (Å²) in [5, 5.41) is 0. The Hall–Kier alpha value is -1.11. The highest BCUT2D eigenvalue weighted by Crippen LogP contribution is 2.18. The van der Waals surface area contributed by atoms with Crippen LogP contribution in [-0.4, -0.2) is 31.5 Å². The van der Waals surface area contributed by atoms with Crippen molar-refractivity contribution in [3.8, 4) is 0 Å². The van der Waals surface area contributed by atoms with E-state index in [9.17, 15) is 4.79 Å². The van der Waals surface area contributed by atoms with E-state index in [1.165, 1.54) is 0 Å². The Balaban J connectivity index is 2.10.